The normalized spacial score (nSPS) is 13.5. The molecule has 0 heterocycles. The minimum atomic E-state index is -3.56. The van der Waals surface area contributed by atoms with E-state index < -0.39 is 15.6 Å². The predicted molar refractivity (Wildman–Crippen MR) is 92.1 cm³/mol. The lowest BCUT2D eigenvalue weighted by Crippen LogP contribution is -2.45. The third kappa shape index (κ3) is 5.38. The standard InChI is InChI=1S/C16H26BrNO2S/c1-11-8-13(17)14(9-12(11)2)21(19,20)18-16(6,7)10-15(3,4)5/h8-9,18H,10H2,1-7H3. The molecule has 1 aromatic carbocycles. The predicted octanol–water partition coefficient (Wildman–Crippen LogP) is 4.56. The highest BCUT2D eigenvalue weighted by Crippen LogP contribution is 2.30. The average Bonchev–Trinajstić information content (AvgIpc) is 2.17. The molecule has 1 N–H and O–H groups in total. The van der Waals surface area contributed by atoms with Crippen LogP contribution in [0.2, 0.25) is 0 Å². The van der Waals surface area contributed by atoms with Crippen LogP contribution in [0, 0.1) is 19.3 Å². The molecule has 0 spiro atoms. The molecule has 0 radical (unpaired) electrons. The molecular formula is C16H26BrNO2S. The van der Waals surface area contributed by atoms with Gasteiger partial charge in [0.25, 0.3) is 0 Å². The summed E-state index contributed by atoms with van der Waals surface area (Å²) in [4.78, 5) is 0.299. The molecule has 120 valence electrons. The van der Waals surface area contributed by atoms with Crippen LogP contribution in [0.4, 0.5) is 0 Å². The number of aryl methyl sites for hydroxylation is 2. The van der Waals surface area contributed by atoms with Crippen LogP contribution < -0.4 is 4.72 Å². The molecule has 0 amide bonds. The van der Waals surface area contributed by atoms with Crippen molar-refractivity contribution >= 4 is 26.0 Å². The Kier molecular flexibility index (Phi) is 5.34. The Morgan fingerprint density at radius 2 is 1.52 bits per heavy atom. The van der Waals surface area contributed by atoms with Gasteiger partial charge in [0.15, 0.2) is 0 Å². The minimum Gasteiger partial charge on any atom is -0.207 e. The third-order valence-corrected chi connectivity index (χ3v) is 5.88. The summed E-state index contributed by atoms with van der Waals surface area (Å²) in [5.74, 6) is 0. The highest BCUT2D eigenvalue weighted by molar-refractivity contribution is 9.10. The molecule has 0 aromatic heterocycles. The van der Waals surface area contributed by atoms with Crippen LogP contribution in [0.15, 0.2) is 21.5 Å². The first-order valence-corrected chi connectivity index (χ1v) is 9.32. The van der Waals surface area contributed by atoms with Gasteiger partial charge in [0.1, 0.15) is 0 Å². The SMILES string of the molecule is Cc1cc(Br)c(S(=O)(=O)NC(C)(C)CC(C)(C)C)cc1C. The Hall–Kier alpha value is -0.390. The molecule has 1 rings (SSSR count). The molecule has 1 aromatic rings. The van der Waals surface area contributed by atoms with Gasteiger partial charge in [-0.25, -0.2) is 13.1 Å². The van der Waals surface area contributed by atoms with Crippen molar-refractivity contribution < 1.29 is 8.42 Å². The first-order chi connectivity index (χ1) is 9.23. The Bertz CT molecular complexity index is 628. The summed E-state index contributed by atoms with van der Waals surface area (Å²) in [5.41, 5.74) is 1.57. The molecular weight excluding hydrogens is 350 g/mol. The van der Waals surface area contributed by atoms with Gasteiger partial charge in [0, 0.05) is 10.0 Å². The number of nitrogens with one attached hydrogen (secondary N) is 1. The molecule has 0 aliphatic heterocycles. The molecule has 0 aliphatic carbocycles. The fourth-order valence-corrected chi connectivity index (χ4v) is 5.40. The summed E-state index contributed by atoms with van der Waals surface area (Å²) < 4.78 is 28.8. The van der Waals surface area contributed by atoms with Crippen molar-refractivity contribution in [3.8, 4) is 0 Å². The van der Waals surface area contributed by atoms with Crippen LogP contribution in [-0.4, -0.2) is 14.0 Å². The Morgan fingerprint density at radius 3 is 2.00 bits per heavy atom. The average molecular weight is 376 g/mol. The summed E-state index contributed by atoms with van der Waals surface area (Å²) >= 11 is 3.37. The quantitative estimate of drug-likeness (QED) is 0.837. The van der Waals surface area contributed by atoms with Gasteiger partial charge in [0.2, 0.25) is 10.0 Å². The van der Waals surface area contributed by atoms with E-state index in [0.717, 1.165) is 17.5 Å². The fraction of sp³-hybridized carbons (Fsp3) is 0.625. The van der Waals surface area contributed by atoms with Gasteiger partial charge in [-0.3, -0.25) is 0 Å². The molecule has 3 nitrogen and oxygen atoms in total. The molecule has 0 aliphatic rings. The van der Waals surface area contributed by atoms with Crippen LogP contribution in [0.5, 0.6) is 0 Å². The molecule has 0 saturated heterocycles. The molecule has 0 atom stereocenters. The molecule has 21 heavy (non-hydrogen) atoms. The second-order valence-corrected chi connectivity index (χ2v) is 10.1. The van der Waals surface area contributed by atoms with Gasteiger partial charge in [0.05, 0.1) is 4.90 Å². The zero-order chi connectivity index (χ0) is 16.6. The maximum atomic E-state index is 12.7. The van der Waals surface area contributed by atoms with Crippen LogP contribution in [0.1, 0.15) is 52.2 Å². The van der Waals surface area contributed by atoms with Gasteiger partial charge in [-0.1, -0.05) is 20.8 Å². The van der Waals surface area contributed by atoms with Crippen LogP contribution in [-0.2, 0) is 10.0 Å². The number of sulfonamides is 1. The van der Waals surface area contributed by atoms with Crippen molar-refractivity contribution in [2.75, 3.05) is 0 Å². The number of hydrogen-bond donors (Lipinski definition) is 1. The summed E-state index contributed by atoms with van der Waals surface area (Å²) in [5, 5.41) is 0. The lowest BCUT2D eigenvalue weighted by molar-refractivity contribution is 0.269. The van der Waals surface area contributed by atoms with E-state index in [-0.39, 0.29) is 5.41 Å². The topological polar surface area (TPSA) is 46.2 Å². The van der Waals surface area contributed by atoms with Crippen molar-refractivity contribution in [2.24, 2.45) is 5.41 Å². The lowest BCUT2D eigenvalue weighted by Gasteiger charge is -2.33. The molecule has 0 unspecified atom stereocenters. The van der Waals surface area contributed by atoms with E-state index in [1.807, 2.05) is 33.8 Å². The Balaban J connectivity index is 3.16. The molecule has 0 fully saturated rings. The van der Waals surface area contributed by atoms with E-state index in [1.54, 1.807) is 6.07 Å². The van der Waals surface area contributed by atoms with Gasteiger partial charge in [-0.2, -0.15) is 0 Å². The van der Waals surface area contributed by atoms with Crippen LogP contribution >= 0.6 is 15.9 Å². The van der Waals surface area contributed by atoms with E-state index >= 15 is 0 Å². The van der Waals surface area contributed by atoms with Gasteiger partial charge in [-0.05, 0) is 78.7 Å². The van der Waals surface area contributed by atoms with E-state index in [4.69, 9.17) is 0 Å². The van der Waals surface area contributed by atoms with E-state index in [2.05, 4.69) is 41.4 Å². The smallest absolute Gasteiger partial charge is 0.207 e. The number of rotatable bonds is 4. The molecule has 0 bridgehead atoms. The summed E-state index contributed by atoms with van der Waals surface area (Å²) in [6.45, 7) is 14.0. The van der Waals surface area contributed by atoms with E-state index in [9.17, 15) is 8.42 Å². The maximum absolute atomic E-state index is 12.7. The third-order valence-electron chi connectivity index (χ3n) is 3.22. The van der Waals surface area contributed by atoms with Crippen LogP contribution in [0.3, 0.4) is 0 Å². The number of halogens is 1. The van der Waals surface area contributed by atoms with Crippen molar-refractivity contribution in [1.29, 1.82) is 0 Å². The second-order valence-electron chi connectivity index (χ2n) is 7.59. The minimum absolute atomic E-state index is 0.0481. The zero-order valence-corrected chi connectivity index (χ0v) is 16.4. The van der Waals surface area contributed by atoms with Gasteiger partial charge >= 0.3 is 0 Å². The second kappa shape index (κ2) is 6.01. The highest BCUT2D eigenvalue weighted by atomic mass is 79.9. The maximum Gasteiger partial charge on any atom is 0.242 e. The largest absolute Gasteiger partial charge is 0.242 e. The summed E-state index contributed by atoms with van der Waals surface area (Å²) in [6, 6.07) is 3.57. The molecule has 5 heteroatoms. The summed E-state index contributed by atoms with van der Waals surface area (Å²) in [7, 11) is -3.56. The highest BCUT2D eigenvalue weighted by Gasteiger charge is 2.31. The zero-order valence-electron chi connectivity index (χ0n) is 14.0. The monoisotopic (exact) mass is 375 g/mol. The van der Waals surface area contributed by atoms with Crippen LogP contribution in [0.25, 0.3) is 0 Å². The first-order valence-electron chi connectivity index (χ1n) is 7.04. The van der Waals surface area contributed by atoms with E-state index in [0.29, 0.717) is 9.37 Å². The molecule has 0 saturated carbocycles. The number of hydrogen-bond acceptors (Lipinski definition) is 2. The fourth-order valence-electron chi connectivity index (χ4n) is 2.74. The van der Waals surface area contributed by atoms with Crippen molar-refractivity contribution in [3.05, 3.63) is 27.7 Å². The van der Waals surface area contributed by atoms with Crippen molar-refractivity contribution in [1.82, 2.24) is 4.72 Å². The lowest BCUT2D eigenvalue weighted by atomic mass is 9.82. The first kappa shape index (κ1) is 18.7. The number of benzene rings is 1. The van der Waals surface area contributed by atoms with Gasteiger partial charge in [-0.15, -0.1) is 0 Å². The Morgan fingerprint density at radius 1 is 1.05 bits per heavy atom. The van der Waals surface area contributed by atoms with E-state index in [1.165, 1.54) is 0 Å². The van der Waals surface area contributed by atoms with Gasteiger partial charge < -0.3 is 0 Å². The Labute approximate surface area is 137 Å². The van der Waals surface area contributed by atoms with Crippen molar-refractivity contribution in [3.63, 3.8) is 0 Å². The summed E-state index contributed by atoms with van der Waals surface area (Å²) in [6.07, 6.45) is 0.752. The van der Waals surface area contributed by atoms with Crippen molar-refractivity contribution in [2.45, 2.75) is 65.3 Å².